The molecule has 1 aromatic heterocycles. The number of aliphatic hydroxyl groups is 1. The molecule has 0 unspecified atom stereocenters. The lowest BCUT2D eigenvalue weighted by Gasteiger charge is -2.22. The van der Waals surface area contributed by atoms with Crippen molar-refractivity contribution < 1.29 is 9.90 Å². The Kier molecular flexibility index (Phi) is 3.26. The highest BCUT2D eigenvalue weighted by atomic mass is 16.3. The molecule has 2 N–H and O–H groups in total. The number of H-pyrrole nitrogens is 1. The molecule has 3 rings (SSSR count). The van der Waals surface area contributed by atoms with E-state index >= 15 is 0 Å². The van der Waals surface area contributed by atoms with E-state index in [-0.39, 0.29) is 18.6 Å². The quantitative estimate of drug-likeness (QED) is 0.882. The molecule has 1 aromatic carbocycles. The summed E-state index contributed by atoms with van der Waals surface area (Å²) in [5.41, 5.74) is 3.84. The van der Waals surface area contributed by atoms with Crippen molar-refractivity contribution in [2.24, 2.45) is 0 Å². The van der Waals surface area contributed by atoms with Gasteiger partial charge in [-0.05, 0) is 44.4 Å². The summed E-state index contributed by atoms with van der Waals surface area (Å²) in [6.45, 7) is 4.81. The van der Waals surface area contributed by atoms with E-state index < -0.39 is 0 Å². The van der Waals surface area contributed by atoms with Crippen molar-refractivity contribution in [3.63, 3.8) is 0 Å². The minimum atomic E-state index is -0.0324. The number of aromatic amines is 1. The summed E-state index contributed by atoms with van der Waals surface area (Å²) in [6, 6.07) is 6.13. The summed E-state index contributed by atoms with van der Waals surface area (Å²) >= 11 is 0. The topological polar surface area (TPSA) is 56.3 Å². The summed E-state index contributed by atoms with van der Waals surface area (Å²) in [4.78, 5) is 17.7. The lowest BCUT2D eigenvalue weighted by molar-refractivity contribution is 0.0672. The van der Waals surface area contributed by atoms with Crippen LogP contribution in [-0.4, -0.2) is 40.1 Å². The Bertz CT molecular complexity index is 660. The fourth-order valence-electron chi connectivity index (χ4n) is 3.09. The second kappa shape index (κ2) is 4.94. The van der Waals surface area contributed by atoms with Crippen LogP contribution in [0.2, 0.25) is 0 Å². The van der Waals surface area contributed by atoms with E-state index in [2.05, 4.69) is 18.0 Å². The Morgan fingerprint density at radius 1 is 1.45 bits per heavy atom. The number of hydrogen-bond donors (Lipinski definition) is 2. The number of aliphatic hydroxyl groups excluding tert-OH is 1. The summed E-state index contributed by atoms with van der Waals surface area (Å²) in [7, 11) is 0. The maximum atomic E-state index is 12.7. The van der Waals surface area contributed by atoms with Crippen molar-refractivity contribution in [3.8, 4) is 0 Å². The Labute approximate surface area is 118 Å². The van der Waals surface area contributed by atoms with Gasteiger partial charge in [-0.2, -0.15) is 0 Å². The number of nitrogens with one attached hydrogen (secondary N) is 1. The molecule has 1 fully saturated rings. The number of nitrogens with zero attached hydrogens (tertiary/aromatic N) is 1. The van der Waals surface area contributed by atoms with Gasteiger partial charge in [0.15, 0.2) is 0 Å². The first kappa shape index (κ1) is 13.2. The number of rotatable bonds is 2. The van der Waals surface area contributed by atoms with Crippen molar-refractivity contribution >= 4 is 16.8 Å². The third kappa shape index (κ3) is 2.00. The molecule has 1 atom stereocenters. The molecule has 0 saturated carbocycles. The third-order valence-electron chi connectivity index (χ3n) is 4.28. The van der Waals surface area contributed by atoms with Crippen molar-refractivity contribution in [1.82, 2.24) is 9.88 Å². The number of aromatic nitrogens is 1. The van der Waals surface area contributed by atoms with Gasteiger partial charge in [-0.15, -0.1) is 0 Å². The molecule has 0 bridgehead atoms. The van der Waals surface area contributed by atoms with Gasteiger partial charge in [-0.1, -0.05) is 11.6 Å². The van der Waals surface area contributed by atoms with Crippen LogP contribution in [0.4, 0.5) is 0 Å². The van der Waals surface area contributed by atoms with Gasteiger partial charge in [-0.25, -0.2) is 0 Å². The molecule has 4 heteroatoms. The van der Waals surface area contributed by atoms with E-state index in [1.54, 1.807) is 4.90 Å². The lowest BCUT2D eigenvalue weighted by Crippen LogP contribution is -2.38. The van der Waals surface area contributed by atoms with Gasteiger partial charge < -0.3 is 15.0 Å². The van der Waals surface area contributed by atoms with Crippen LogP contribution in [0.3, 0.4) is 0 Å². The first-order valence-corrected chi connectivity index (χ1v) is 7.12. The van der Waals surface area contributed by atoms with E-state index in [4.69, 9.17) is 0 Å². The van der Waals surface area contributed by atoms with Crippen LogP contribution < -0.4 is 0 Å². The van der Waals surface area contributed by atoms with E-state index in [1.807, 2.05) is 19.1 Å². The molecule has 0 radical (unpaired) electrons. The normalized spacial score (nSPS) is 18.9. The van der Waals surface area contributed by atoms with Gasteiger partial charge in [0.05, 0.1) is 12.6 Å². The fraction of sp³-hybridized carbons (Fsp3) is 0.438. The number of likely N-dealkylation sites (tertiary alicyclic amines) is 1. The van der Waals surface area contributed by atoms with Gasteiger partial charge in [0, 0.05) is 17.4 Å². The van der Waals surface area contributed by atoms with E-state index in [1.165, 1.54) is 5.56 Å². The molecule has 20 heavy (non-hydrogen) atoms. The van der Waals surface area contributed by atoms with Crippen LogP contribution in [0.1, 0.15) is 34.5 Å². The van der Waals surface area contributed by atoms with Crippen molar-refractivity contribution in [3.05, 3.63) is 35.0 Å². The van der Waals surface area contributed by atoms with Crippen LogP contribution in [-0.2, 0) is 0 Å². The SMILES string of the molecule is Cc1ccc2[nH]c(C(=O)N3CCC[C@@H]3CO)c(C)c2c1. The summed E-state index contributed by atoms with van der Waals surface area (Å²) in [6.07, 6.45) is 1.86. The Morgan fingerprint density at radius 2 is 2.25 bits per heavy atom. The summed E-state index contributed by atoms with van der Waals surface area (Å²) < 4.78 is 0. The van der Waals surface area contributed by atoms with Crippen molar-refractivity contribution in [2.45, 2.75) is 32.7 Å². The fourth-order valence-corrected chi connectivity index (χ4v) is 3.09. The molecule has 1 amide bonds. The Hall–Kier alpha value is -1.81. The van der Waals surface area contributed by atoms with Gasteiger partial charge in [0.1, 0.15) is 5.69 Å². The molecular weight excluding hydrogens is 252 g/mol. The smallest absolute Gasteiger partial charge is 0.270 e. The van der Waals surface area contributed by atoms with Gasteiger partial charge in [-0.3, -0.25) is 4.79 Å². The van der Waals surface area contributed by atoms with Crippen molar-refractivity contribution in [1.29, 1.82) is 0 Å². The zero-order valence-electron chi connectivity index (χ0n) is 11.9. The molecular formula is C16H20N2O2. The molecule has 2 heterocycles. The number of aryl methyl sites for hydroxylation is 2. The average Bonchev–Trinajstić information content (AvgIpc) is 3.03. The summed E-state index contributed by atoms with van der Waals surface area (Å²) in [5, 5.41) is 10.5. The zero-order chi connectivity index (χ0) is 14.3. The zero-order valence-corrected chi connectivity index (χ0v) is 11.9. The monoisotopic (exact) mass is 272 g/mol. The molecule has 1 aliphatic heterocycles. The molecule has 0 aliphatic carbocycles. The van der Waals surface area contributed by atoms with Gasteiger partial charge in [0.2, 0.25) is 0 Å². The highest BCUT2D eigenvalue weighted by Crippen LogP contribution is 2.26. The number of hydrogen-bond acceptors (Lipinski definition) is 2. The molecule has 106 valence electrons. The number of fused-ring (bicyclic) bond motifs is 1. The van der Waals surface area contributed by atoms with Gasteiger partial charge in [0.25, 0.3) is 5.91 Å². The minimum Gasteiger partial charge on any atom is -0.394 e. The second-order valence-corrected chi connectivity index (χ2v) is 5.65. The number of amides is 1. The molecule has 2 aromatic rings. The van der Waals surface area contributed by atoms with Crippen LogP contribution in [0.15, 0.2) is 18.2 Å². The number of benzene rings is 1. The highest BCUT2D eigenvalue weighted by molar-refractivity contribution is 6.01. The Balaban J connectivity index is 2.01. The van der Waals surface area contributed by atoms with Gasteiger partial charge >= 0.3 is 0 Å². The van der Waals surface area contributed by atoms with Crippen LogP contribution in [0.25, 0.3) is 10.9 Å². The standard InChI is InChI=1S/C16H20N2O2/c1-10-5-6-14-13(8-10)11(2)15(17-14)16(20)18-7-3-4-12(18)9-19/h5-6,8,12,17,19H,3-4,7,9H2,1-2H3/t12-/m1/s1. The van der Waals surface area contributed by atoms with E-state index in [0.29, 0.717) is 5.69 Å². The summed E-state index contributed by atoms with van der Waals surface area (Å²) in [5.74, 6) is 0.00732. The van der Waals surface area contributed by atoms with Crippen LogP contribution in [0.5, 0.6) is 0 Å². The maximum Gasteiger partial charge on any atom is 0.270 e. The minimum absolute atomic E-state index is 0.00732. The maximum absolute atomic E-state index is 12.7. The number of carbonyl (C=O) groups excluding carboxylic acids is 1. The predicted octanol–water partition coefficient (Wildman–Crippen LogP) is 2.38. The first-order chi connectivity index (χ1) is 9.61. The highest BCUT2D eigenvalue weighted by Gasteiger charge is 2.30. The molecule has 4 nitrogen and oxygen atoms in total. The molecule has 0 spiro atoms. The number of carbonyl (C=O) groups is 1. The third-order valence-corrected chi connectivity index (χ3v) is 4.28. The Morgan fingerprint density at radius 3 is 3.00 bits per heavy atom. The lowest BCUT2D eigenvalue weighted by atomic mass is 10.1. The van der Waals surface area contributed by atoms with Crippen molar-refractivity contribution in [2.75, 3.05) is 13.2 Å². The second-order valence-electron chi connectivity index (χ2n) is 5.65. The predicted molar refractivity (Wildman–Crippen MR) is 78.9 cm³/mol. The van der Waals surface area contributed by atoms with Crippen LogP contribution in [0, 0.1) is 13.8 Å². The molecule has 1 aliphatic rings. The van der Waals surface area contributed by atoms with E-state index in [0.717, 1.165) is 35.9 Å². The average molecular weight is 272 g/mol. The van der Waals surface area contributed by atoms with Crippen LogP contribution >= 0.6 is 0 Å². The van der Waals surface area contributed by atoms with E-state index in [9.17, 15) is 9.90 Å². The first-order valence-electron chi connectivity index (χ1n) is 7.12. The largest absolute Gasteiger partial charge is 0.394 e. The molecule has 1 saturated heterocycles.